The number of alkyl carbamates (subject to hydrolysis) is 1. The first kappa shape index (κ1) is 19.2. The summed E-state index contributed by atoms with van der Waals surface area (Å²) in [5.74, 6) is 0.0109. The van der Waals surface area contributed by atoms with E-state index in [2.05, 4.69) is 15.6 Å². The molecule has 138 valence electrons. The van der Waals surface area contributed by atoms with Crippen LogP contribution in [0, 0.1) is 0 Å². The zero-order valence-corrected chi connectivity index (χ0v) is 15.4. The zero-order valence-electron chi connectivity index (χ0n) is 15.4. The summed E-state index contributed by atoms with van der Waals surface area (Å²) in [6, 6.07) is 3.84. The van der Waals surface area contributed by atoms with Gasteiger partial charge in [-0.1, -0.05) is 18.9 Å². The number of nitrogens with zero attached hydrogens (tertiary/aromatic N) is 1. The molecule has 1 fully saturated rings. The number of carbonyl (C=O) groups excluding carboxylic acids is 2. The van der Waals surface area contributed by atoms with Gasteiger partial charge in [-0.25, -0.2) is 4.79 Å². The summed E-state index contributed by atoms with van der Waals surface area (Å²) >= 11 is 0. The highest BCUT2D eigenvalue weighted by Gasteiger charge is 2.35. The fourth-order valence-electron chi connectivity index (χ4n) is 3.12. The van der Waals surface area contributed by atoms with Crippen LogP contribution in [0.1, 0.15) is 58.4 Å². The molecular formula is C19H29N3O3. The van der Waals surface area contributed by atoms with Crippen molar-refractivity contribution >= 4 is 12.0 Å². The highest BCUT2D eigenvalue weighted by atomic mass is 16.6. The number of hydrogen-bond acceptors (Lipinski definition) is 4. The molecule has 25 heavy (non-hydrogen) atoms. The SMILES string of the molecule is CC(C)(C)OC(=O)NCC1(NC(=O)CCc2cccnc2)CCCC1. The Bertz CT molecular complexity index is 575. The average molecular weight is 347 g/mol. The van der Waals surface area contributed by atoms with Gasteiger partial charge in [-0.3, -0.25) is 9.78 Å². The van der Waals surface area contributed by atoms with Crippen LogP contribution in [0.5, 0.6) is 0 Å². The third-order valence-corrected chi connectivity index (χ3v) is 4.30. The molecular weight excluding hydrogens is 318 g/mol. The molecule has 0 spiro atoms. The molecule has 1 aliphatic carbocycles. The highest BCUT2D eigenvalue weighted by Crippen LogP contribution is 2.29. The number of aromatic nitrogens is 1. The van der Waals surface area contributed by atoms with E-state index in [1.807, 2.05) is 32.9 Å². The summed E-state index contributed by atoms with van der Waals surface area (Å²) in [7, 11) is 0. The molecule has 0 aromatic carbocycles. The number of pyridine rings is 1. The van der Waals surface area contributed by atoms with Gasteiger partial charge in [0.25, 0.3) is 0 Å². The number of aryl methyl sites for hydroxylation is 1. The van der Waals surface area contributed by atoms with E-state index in [1.54, 1.807) is 12.4 Å². The molecule has 0 unspecified atom stereocenters. The van der Waals surface area contributed by atoms with E-state index in [1.165, 1.54) is 0 Å². The fourth-order valence-corrected chi connectivity index (χ4v) is 3.12. The van der Waals surface area contributed by atoms with E-state index in [-0.39, 0.29) is 11.4 Å². The van der Waals surface area contributed by atoms with Crippen molar-refractivity contribution in [2.45, 2.75) is 70.4 Å². The normalized spacial score (nSPS) is 16.3. The second-order valence-electron chi connectivity index (χ2n) is 7.75. The Kier molecular flexibility index (Phi) is 6.39. The van der Waals surface area contributed by atoms with E-state index in [0.29, 0.717) is 19.4 Å². The summed E-state index contributed by atoms with van der Waals surface area (Å²) < 4.78 is 5.28. The van der Waals surface area contributed by atoms with Crippen LogP contribution in [-0.4, -0.2) is 34.7 Å². The minimum Gasteiger partial charge on any atom is -0.444 e. The predicted molar refractivity (Wildman–Crippen MR) is 96.1 cm³/mol. The maximum absolute atomic E-state index is 12.4. The summed E-state index contributed by atoms with van der Waals surface area (Å²) in [6.45, 7) is 5.90. The summed E-state index contributed by atoms with van der Waals surface area (Å²) in [5.41, 5.74) is 0.160. The summed E-state index contributed by atoms with van der Waals surface area (Å²) in [5, 5.41) is 5.97. The van der Waals surface area contributed by atoms with Crippen molar-refractivity contribution in [3.05, 3.63) is 30.1 Å². The lowest BCUT2D eigenvalue weighted by molar-refractivity contribution is -0.123. The number of amides is 2. The largest absolute Gasteiger partial charge is 0.444 e. The van der Waals surface area contributed by atoms with Gasteiger partial charge in [-0.2, -0.15) is 0 Å². The van der Waals surface area contributed by atoms with E-state index in [4.69, 9.17) is 4.74 Å². The molecule has 0 aliphatic heterocycles. The first-order valence-electron chi connectivity index (χ1n) is 8.95. The molecule has 1 heterocycles. The topological polar surface area (TPSA) is 80.3 Å². The second-order valence-corrected chi connectivity index (χ2v) is 7.75. The van der Waals surface area contributed by atoms with Crippen LogP contribution in [-0.2, 0) is 16.0 Å². The second kappa shape index (κ2) is 8.32. The Morgan fingerprint density at radius 3 is 2.60 bits per heavy atom. The lowest BCUT2D eigenvalue weighted by Crippen LogP contribution is -2.54. The van der Waals surface area contributed by atoms with Gasteiger partial charge in [0.05, 0.1) is 5.54 Å². The van der Waals surface area contributed by atoms with Gasteiger partial charge >= 0.3 is 6.09 Å². The van der Waals surface area contributed by atoms with Crippen LogP contribution >= 0.6 is 0 Å². The maximum atomic E-state index is 12.4. The van der Waals surface area contributed by atoms with Gasteiger partial charge in [0.15, 0.2) is 0 Å². The zero-order chi connectivity index (χ0) is 18.3. The van der Waals surface area contributed by atoms with Crippen LogP contribution in [0.2, 0.25) is 0 Å². The molecule has 0 saturated heterocycles. The molecule has 2 N–H and O–H groups in total. The van der Waals surface area contributed by atoms with Crippen LogP contribution in [0.25, 0.3) is 0 Å². The van der Waals surface area contributed by atoms with E-state index in [0.717, 1.165) is 31.2 Å². The number of carbonyl (C=O) groups is 2. The number of hydrogen-bond donors (Lipinski definition) is 2. The number of rotatable bonds is 6. The van der Waals surface area contributed by atoms with Crippen molar-refractivity contribution in [3.63, 3.8) is 0 Å². The van der Waals surface area contributed by atoms with Crippen molar-refractivity contribution in [2.75, 3.05) is 6.54 Å². The summed E-state index contributed by atoms with van der Waals surface area (Å²) in [4.78, 5) is 28.3. The minimum absolute atomic E-state index is 0.0109. The molecule has 1 aliphatic rings. The van der Waals surface area contributed by atoms with Crippen molar-refractivity contribution in [2.24, 2.45) is 0 Å². The summed E-state index contributed by atoms with van der Waals surface area (Å²) in [6.07, 6.45) is 8.00. The molecule has 1 saturated carbocycles. The van der Waals surface area contributed by atoms with Crippen LogP contribution in [0.15, 0.2) is 24.5 Å². The third kappa shape index (κ3) is 6.72. The highest BCUT2D eigenvalue weighted by molar-refractivity contribution is 5.77. The molecule has 0 atom stereocenters. The maximum Gasteiger partial charge on any atom is 0.407 e. The molecule has 2 rings (SSSR count). The van der Waals surface area contributed by atoms with Gasteiger partial charge in [0.2, 0.25) is 5.91 Å². The van der Waals surface area contributed by atoms with Crippen LogP contribution in [0.4, 0.5) is 4.79 Å². The van der Waals surface area contributed by atoms with E-state index in [9.17, 15) is 9.59 Å². The van der Waals surface area contributed by atoms with E-state index >= 15 is 0 Å². The Morgan fingerprint density at radius 1 is 1.28 bits per heavy atom. The van der Waals surface area contributed by atoms with Gasteiger partial charge in [-0.05, 0) is 51.7 Å². The fraction of sp³-hybridized carbons (Fsp3) is 0.632. The first-order chi connectivity index (χ1) is 11.8. The number of nitrogens with one attached hydrogen (secondary N) is 2. The van der Waals surface area contributed by atoms with Crippen molar-refractivity contribution < 1.29 is 14.3 Å². The Morgan fingerprint density at radius 2 is 2.00 bits per heavy atom. The molecule has 0 radical (unpaired) electrons. The Balaban J connectivity index is 1.84. The standard InChI is InChI=1S/C19H29N3O3/c1-18(2,3)25-17(24)21-14-19(10-4-5-11-19)22-16(23)9-8-15-7-6-12-20-13-15/h6-7,12-13H,4-5,8-11,14H2,1-3H3,(H,21,24)(H,22,23). The predicted octanol–water partition coefficient (Wildman–Crippen LogP) is 2.97. The quantitative estimate of drug-likeness (QED) is 0.829. The third-order valence-electron chi connectivity index (χ3n) is 4.30. The lowest BCUT2D eigenvalue weighted by atomic mass is 9.97. The Hall–Kier alpha value is -2.11. The van der Waals surface area contributed by atoms with E-state index < -0.39 is 11.7 Å². The molecule has 1 aromatic heterocycles. The van der Waals surface area contributed by atoms with Crippen molar-refractivity contribution in [1.29, 1.82) is 0 Å². The lowest BCUT2D eigenvalue weighted by Gasteiger charge is -2.31. The molecule has 1 aromatic rings. The Labute approximate surface area is 149 Å². The smallest absolute Gasteiger partial charge is 0.407 e. The molecule has 6 nitrogen and oxygen atoms in total. The minimum atomic E-state index is -0.528. The van der Waals surface area contributed by atoms with Gasteiger partial charge < -0.3 is 15.4 Å². The van der Waals surface area contributed by atoms with Crippen molar-refractivity contribution in [1.82, 2.24) is 15.6 Å². The number of ether oxygens (including phenoxy) is 1. The van der Waals surface area contributed by atoms with Gasteiger partial charge in [0, 0.05) is 25.4 Å². The average Bonchev–Trinajstić information content (AvgIpc) is 2.99. The van der Waals surface area contributed by atoms with Gasteiger partial charge in [0.1, 0.15) is 5.60 Å². The van der Waals surface area contributed by atoms with Gasteiger partial charge in [-0.15, -0.1) is 0 Å². The monoisotopic (exact) mass is 347 g/mol. The molecule has 6 heteroatoms. The molecule has 0 bridgehead atoms. The van der Waals surface area contributed by atoms with Crippen LogP contribution < -0.4 is 10.6 Å². The first-order valence-corrected chi connectivity index (χ1v) is 8.95. The van der Waals surface area contributed by atoms with Crippen LogP contribution in [0.3, 0.4) is 0 Å². The molecule has 2 amide bonds. The van der Waals surface area contributed by atoms with Crippen molar-refractivity contribution in [3.8, 4) is 0 Å².